The first kappa shape index (κ1) is 21.3. The van der Waals surface area contributed by atoms with Gasteiger partial charge in [0, 0.05) is 10.6 Å². The van der Waals surface area contributed by atoms with E-state index in [-0.39, 0.29) is 12.0 Å². The summed E-state index contributed by atoms with van der Waals surface area (Å²) in [6.07, 6.45) is 0.0777. The highest BCUT2D eigenvalue weighted by Gasteiger charge is 2.22. The van der Waals surface area contributed by atoms with Crippen LogP contribution >= 0.6 is 22.9 Å². The van der Waals surface area contributed by atoms with Crippen LogP contribution in [0.25, 0.3) is 10.2 Å². The summed E-state index contributed by atoms with van der Waals surface area (Å²) in [5.41, 5.74) is 3.37. The minimum atomic E-state index is -0.109. The largest absolute Gasteiger partial charge is 0.491 e. The number of hydrogen-bond acceptors (Lipinski definition) is 4. The molecule has 1 amide bonds. The molecule has 0 atom stereocenters. The number of hydrogen-bond donors (Lipinski definition) is 0. The molecule has 0 aliphatic rings. The van der Waals surface area contributed by atoms with E-state index >= 15 is 0 Å². The summed E-state index contributed by atoms with van der Waals surface area (Å²) >= 11 is 7.78. The number of aromatic nitrogens is 1. The number of rotatable bonds is 6. The Morgan fingerprint density at radius 1 is 1.06 bits per heavy atom. The first-order valence-electron chi connectivity index (χ1n) is 10.1. The highest BCUT2D eigenvalue weighted by molar-refractivity contribution is 7.22. The van der Waals surface area contributed by atoms with Crippen LogP contribution in [0.15, 0.2) is 66.7 Å². The SMILES string of the molecule is Cc1c(Cl)ccc2sc(N(Cc3ccccc3)C(=O)c3ccc(OC(C)C)cc3)nc12. The van der Waals surface area contributed by atoms with Crippen LogP contribution in [0.1, 0.15) is 35.3 Å². The van der Waals surface area contributed by atoms with Gasteiger partial charge in [-0.2, -0.15) is 0 Å². The Bertz CT molecular complexity index is 1200. The quantitative estimate of drug-likeness (QED) is 0.321. The van der Waals surface area contributed by atoms with Gasteiger partial charge in [-0.1, -0.05) is 53.3 Å². The minimum absolute atomic E-state index is 0.0777. The van der Waals surface area contributed by atoms with Gasteiger partial charge < -0.3 is 4.74 Å². The summed E-state index contributed by atoms with van der Waals surface area (Å²) in [5, 5.41) is 1.32. The predicted octanol–water partition coefficient (Wildman–Crippen LogP) is 6.89. The van der Waals surface area contributed by atoms with Crippen molar-refractivity contribution in [3.63, 3.8) is 0 Å². The molecule has 4 nitrogen and oxygen atoms in total. The first-order valence-corrected chi connectivity index (χ1v) is 11.3. The Balaban J connectivity index is 1.72. The Morgan fingerprint density at radius 2 is 1.77 bits per heavy atom. The smallest absolute Gasteiger partial charge is 0.260 e. The second-order valence-electron chi connectivity index (χ2n) is 7.58. The van der Waals surface area contributed by atoms with Crippen LogP contribution < -0.4 is 9.64 Å². The molecule has 0 fully saturated rings. The molecule has 0 aliphatic heterocycles. The van der Waals surface area contributed by atoms with E-state index in [9.17, 15) is 4.79 Å². The van der Waals surface area contributed by atoms with Crippen LogP contribution in [-0.2, 0) is 6.54 Å². The maximum atomic E-state index is 13.5. The van der Waals surface area contributed by atoms with Crippen LogP contribution in [0.4, 0.5) is 5.13 Å². The molecule has 3 aromatic carbocycles. The summed E-state index contributed by atoms with van der Waals surface area (Å²) in [7, 11) is 0. The van der Waals surface area contributed by atoms with E-state index in [0.717, 1.165) is 27.1 Å². The highest BCUT2D eigenvalue weighted by atomic mass is 35.5. The summed E-state index contributed by atoms with van der Waals surface area (Å²) in [6.45, 7) is 6.32. The van der Waals surface area contributed by atoms with Crippen LogP contribution in [0.3, 0.4) is 0 Å². The summed E-state index contributed by atoms with van der Waals surface area (Å²) in [6, 6.07) is 21.0. The van der Waals surface area contributed by atoms with Gasteiger partial charge in [-0.3, -0.25) is 9.69 Å². The van der Waals surface area contributed by atoms with Crippen molar-refractivity contribution in [3.05, 3.63) is 88.4 Å². The van der Waals surface area contributed by atoms with Crippen LogP contribution in [0.2, 0.25) is 5.02 Å². The first-order chi connectivity index (χ1) is 14.9. The molecule has 0 unspecified atom stereocenters. The number of carbonyl (C=O) groups excluding carboxylic acids is 1. The molecule has 4 rings (SSSR count). The van der Waals surface area contributed by atoms with Crippen LogP contribution in [0.5, 0.6) is 5.75 Å². The lowest BCUT2D eigenvalue weighted by atomic mass is 10.1. The fraction of sp³-hybridized carbons (Fsp3) is 0.200. The Morgan fingerprint density at radius 3 is 2.45 bits per heavy atom. The van der Waals surface area contributed by atoms with Gasteiger partial charge in [-0.25, -0.2) is 4.98 Å². The van der Waals surface area contributed by atoms with Crippen molar-refractivity contribution in [1.82, 2.24) is 4.98 Å². The van der Waals surface area contributed by atoms with Crippen molar-refractivity contribution in [2.45, 2.75) is 33.4 Å². The van der Waals surface area contributed by atoms with Crippen molar-refractivity contribution >= 4 is 44.2 Å². The number of ether oxygens (including phenoxy) is 1. The minimum Gasteiger partial charge on any atom is -0.491 e. The molecule has 0 aliphatic carbocycles. The molecule has 1 aromatic heterocycles. The predicted molar refractivity (Wildman–Crippen MR) is 129 cm³/mol. The average Bonchev–Trinajstić information content (AvgIpc) is 3.20. The Labute approximate surface area is 191 Å². The van der Waals surface area contributed by atoms with Crippen molar-refractivity contribution in [3.8, 4) is 5.75 Å². The van der Waals surface area contributed by atoms with Gasteiger partial charge in [0.15, 0.2) is 5.13 Å². The molecular formula is C25H23ClN2O2S. The molecule has 0 bridgehead atoms. The molecule has 158 valence electrons. The fourth-order valence-corrected chi connectivity index (χ4v) is 4.48. The van der Waals surface area contributed by atoms with E-state index in [1.807, 2.05) is 75.4 Å². The van der Waals surface area contributed by atoms with Crippen molar-refractivity contribution < 1.29 is 9.53 Å². The highest BCUT2D eigenvalue weighted by Crippen LogP contribution is 2.35. The molecule has 0 saturated heterocycles. The van der Waals surface area contributed by atoms with E-state index < -0.39 is 0 Å². The summed E-state index contributed by atoms with van der Waals surface area (Å²) in [4.78, 5) is 20.1. The number of amides is 1. The van der Waals surface area contributed by atoms with Crippen molar-refractivity contribution in [1.29, 1.82) is 0 Å². The molecule has 4 aromatic rings. The van der Waals surface area contributed by atoms with Gasteiger partial charge in [0.05, 0.1) is 22.9 Å². The van der Waals surface area contributed by atoms with Crippen molar-refractivity contribution in [2.75, 3.05) is 4.90 Å². The number of aryl methyl sites for hydroxylation is 1. The van der Waals surface area contributed by atoms with E-state index in [0.29, 0.717) is 22.3 Å². The molecule has 1 heterocycles. The third kappa shape index (κ3) is 4.73. The number of fused-ring (bicyclic) bond motifs is 1. The molecule has 0 saturated carbocycles. The zero-order valence-electron chi connectivity index (χ0n) is 17.6. The molecule has 0 N–H and O–H groups in total. The maximum Gasteiger partial charge on any atom is 0.260 e. The lowest BCUT2D eigenvalue weighted by Crippen LogP contribution is -2.30. The Hall–Kier alpha value is -2.89. The summed E-state index contributed by atoms with van der Waals surface area (Å²) in [5.74, 6) is 0.633. The monoisotopic (exact) mass is 450 g/mol. The number of nitrogens with zero attached hydrogens (tertiary/aromatic N) is 2. The van der Waals surface area contributed by atoms with E-state index in [2.05, 4.69) is 0 Å². The van der Waals surface area contributed by atoms with Gasteiger partial charge >= 0.3 is 0 Å². The summed E-state index contributed by atoms with van der Waals surface area (Å²) < 4.78 is 6.71. The molecule has 6 heteroatoms. The van der Waals surface area contributed by atoms with Crippen LogP contribution in [-0.4, -0.2) is 17.0 Å². The zero-order chi connectivity index (χ0) is 22.0. The Kier molecular flexibility index (Phi) is 6.25. The second kappa shape index (κ2) is 9.08. The van der Waals surface area contributed by atoms with Gasteiger partial charge in [0.2, 0.25) is 0 Å². The lowest BCUT2D eigenvalue weighted by Gasteiger charge is -2.20. The fourth-order valence-electron chi connectivity index (χ4n) is 3.30. The van der Waals surface area contributed by atoms with E-state index in [1.54, 1.807) is 17.0 Å². The third-order valence-electron chi connectivity index (χ3n) is 4.87. The zero-order valence-corrected chi connectivity index (χ0v) is 19.2. The van der Waals surface area contributed by atoms with Gasteiger partial charge in [-0.15, -0.1) is 0 Å². The number of carbonyl (C=O) groups is 1. The van der Waals surface area contributed by atoms with Gasteiger partial charge in [-0.05, 0) is 68.3 Å². The van der Waals surface area contributed by atoms with Gasteiger partial charge in [0.1, 0.15) is 5.75 Å². The van der Waals surface area contributed by atoms with E-state index in [1.165, 1.54) is 11.3 Å². The number of thiazole rings is 1. The van der Waals surface area contributed by atoms with E-state index in [4.69, 9.17) is 21.3 Å². The van der Waals surface area contributed by atoms with Gasteiger partial charge in [0.25, 0.3) is 5.91 Å². The lowest BCUT2D eigenvalue weighted by molar-refractivity contribution is 0.0985. The molecule has 0 spiro atoms. The number of halogens is 1. The average molecular weight is 451 g/mol. The molecular weight excluding hydrogens is 428 g/mol. The second-order valence-corrected chi connectivity index (χ2v) is 9.00. The molecule has 0 radical (unpaired) electrons. The maximum absolute atomic E-state index is 13.5. The molecule has 31 heavy (non-hydrogen) atoms. The number of benzene rings is 3. The van der Waals surface area contributed by atoms with Crippen molar-refractivity contribution in [2.24, 2.45) is 0 Å². The number of anilines is 1. The standard InChI is InChI=1S/C25H23ClN2O2S/c1-16(2)30-20-11-9-19(10-12-20)24(29)28(15-18-7-5-4-6-8-18)25-27-23-17(3)21(26)13-14-22(23)31-25/h4-14,16H,15H2,1-3H3. The normalized spacial score (nSPS) is 11.1. The third-order valence-corrected chi connectivity index (χ3v) is 6.32. The topological polar surface area (TPSA) is 42.4 Å². The van der Waals surface area contributed by atoms with Crippen LogP contribution in [0, 0.1) is 6.92 Å².